The second kappa shape index (κ2) is 9.32. The summed E-state index contributed by atoms with van der Waals surface area (Å²) in [6.45, 7) is -0.511. The molecule has 0 saturated heterocycles. The molecule has 3 rings (SSSR count). The predicted molar refractivity (Wildman–Crippen MR) is 104 cm³/mol. The van der Waals surface area contributed by atoms with Crippen LogP contribution in [0.1, 0.15) is 46.4 Å². The minimum absolute atomic E-state index is 0.00170. The number of para-hydroxylation sites is 1. The van der Waals surface area contributed by atoms with Gasteiger partial charge in [0.25, 0.3) is 11.8 Å². The van der Waals surface area contributed by atoms with Gasteiger partial charge in [0, 0.05) is 12.2 Å². The van der Waals surface area contributed by atoms with E-state index in [9.17, 15) is 14.4 Å². The molecule has 2 N–H and O–H groups in total. The first-order valence-electron chi connectivity index (χ1n) is 9.02. The van der Waals surface area contributed by atoms with E-state index in [1.165, 1.54) is 12.3 Å². The number of ether oxygens (including phenoxy) is 1. The number of benzene rings is 1. The summed E-state index contributed by atoms with van der Waals surface area (Å²) in [6, 6.07) is 9.87. The number of amides is 2. The average Bonchev–Trinajstić information content (AvgIpc) is 3.20. The van der Waals surface area contributed by atoms with E-state index in [0.717, 1.165) is 25.7 Å². The third-order valence-corrected chi connectivity index (χ3v) is 4.75. The second-order valence-corrected chi connectivity index (χ2v) is 6.82. The van der Waals surface area contributed by atoms with Crippen LogP contribution in [0.25, 0.3) is 0 Å². The van der Waals surface area contributed by atoms with Crippen LogP contribution in [-0.2, 0) is 9.53 Å². The van der Waals surface area contributed by atoms with Crippen LogP contribution in [0.3, 0.4) is 0 Å². The van der Waals surface area contributed by atoms with E-state index in [4.69, 9.17) is 16.3 Å². The Balaban J connectivity index is 1.59. The lowest BCUT2D eigenvalue weighted by Gasteiger charge is -2.15. The molecule has 8 heteroatoms. The number of hydrogen-bond donors (Lipinski definition) is 2. The van der Waals surface area contributed by atoms with Crippen molar-refractivity contribution in [2.45, 2.75) is 31.7 Å². The molecule has 0 unspecified atom stereocenters. The summed E-state index contributed by atoms with van der Waals surface area (Å²) in [5.41, 5.74) is 0.802. The van der Waals surface area contributed by atoms with Crippen molar-refractivity contribution in [3.8, 4) is 0 Å². The fourth-order valence-electron chi connectivity index (χ4n) is 3.06. The number of hydrogen-bond acceptors (Lipinski definition) is 5. The summed E-state index contributed by atoms with van der Waals surface area (Å²) < 4.78 is 4.97. The molecule has 146 valence electrons. The molecule has 1 aliphatic carbocycles. The molecular formula is C20H20ClN3O4. The van der Waals surface area contributed by atoms with Crippen LogP contribution in [0.5, 0.6) is 0 Å². The van der Waals surface area contributed by atoms with Crippen molar-refractivity contribution in [3.05, 3.63) is 58.9 Å². The van der Waals surface area contributed by atoms with Crippen molar-refractivity contribution in [1.29, 1.82) is 0 Å². The Morgan fingerprint density at radius 1 is 1.07 bits per heavy atom. The normalized spacial score (nSPS) is 13.8. The number of carbonyl (C=O) groups excluding carboxylic acids is 3. The zero-order valence-electron chi connectivity index (χ0n) is 15.1. The molecule has 0 bridgehead atoms. The molecule has 0 spiro atoms. The largest absolute Gasteiger partial charge is 0.452 e. The van der Waals surface area contributed by atoms with E-state index < -0.39 is 18.5 Å². The lowest BCUT2D eigenvalue weighted by molar-refractivity contribution is -0.119. The minimum Gasteiger partial charge on any atom is -0.452 e. The SMILES string of the molecule is O=C(COC(=O)c1cccnc1Cl)Nc1ccccc1C(=O)NC1CCCC1. The minimum atomic E-state index is -0.750. The zero-order valence-corrected chi connectivity index (χ0v) is 15.9. The maximum Gasteiger partial charge on any atom is 0.341 e. The number of esters is 1. The standard InChI is InChI=1S/C20H20ClN3O4/c21-18-15(9-5-11-22-18)20(27)28-12-17(25)24-16-10-4-3-8-14(16)19(26)23-13-6-1-2-7-13/h3-5,8-11,13H,1-2,6-7,12H2,(H,23,26)(H,24,25). The van der Waals surface area contributed by atoms with E-state index in [0.29, 0.717) is 11.3 Å². The van der Waals surface area contributed by atoms with Gasteiger partial charge in [-0.15, -0.1) is 0 Å². The first kappa shape index (κ1) is 19.8. The van der Waals surface area contributed by atoms with Crippen molar-refractivity contribution in [1.82, 2.24) is 10.3 Å². The molecule has 1 heterocycles. The van der Waals surface area contributed by atoms with Gasteiger partial charge in [-0.05, 0) is 37.1 Å². The molecule has 1 aromatic carbocycles. The van der Waals surface area contributed by atoms with Gasteiger partial charge in [-0.2, -0.15) is 0 Å². The zero-order chi connectivity index (χ0) is 19.9. The van der Waals surface area contributed by atoms with Crippen molar-refractivity contribution in [3.63, 3.8) is 0 Å². The molecule has 2 amide bonds. The highest BCUT2D eigenvalue weighted by molar-refractivity contribution is 6.32. The monoisotopic (exact) mass is 401 g/mol. The first-order valence-corrected chi connectivity index (χ1v) is 9.40. The van der Waals surface area contributed by atoms with Gasteiger partial charge >= 0.3 is 5.97 Å². The quantitative estimate of drug-likeness (QED) is 0.572. The average molecular weight is 402 g/mol. The Kier molecular flexibility index (Phi) is 6.60. The fraction of sp³-hybridized carbons (Fsp3) is 0.300. The number of nitrogens with one attached hydrogen (secondary N) is 2. The van der Waals surface area contributed by atoms with Crippen LogP contribution in [-0.4, -0.2) is 35.4 Å². The molecule has 1 saturated carbocycles. The van der Waals surface area contributed by atoms with Gasteiger partial charge in [0.05, 0.1) is 16.8 Å². The highest BCUT2D eigenvalue weighted by Gasteiger charge is 2.20. The summed E-state index contributed by atoms with van der Waals surface area (Å²) in [5.74, 6) is -1.54. The molecule has 0 radical (unpaired) electrons. The van der Waals surface area contributed by atoms with Crippen LogP contribution in [0.4, 0.5) is 5.69 Å². The van der Waals surface area contributed by atoms with Crippen molar-refractivity contribution in [2.75, 3.05) is 11.9 Å². The van der Waals surface area contributed by atoms with E-state index in [1.54, 1.807) is 30.3 Å². The van der Waals surface area contributed by atoms with E-state index in [1.807, 2.05) is 0 Å². The first-order chi connectivity index (χ1) is 13.5. The Morgan fingerprint density at radius 3 is 2.54 bits per heavy atom. The number of carbonyl (C=O) groups is 3. The lowest BCUT2D eigenvalue weighted by atomic mass is 10.1. The van der Waals surface area contributed by atoms with Crippen LogP contribution in [0.15, 0.2) is 42.6 Å². The summed E-state index contributed by atoms with van der Waals surface area (Å²) in [6.07, 6.45) is 5.59. The Hall–Kier alpha value is -2.93. The molecule has 2 aromatic rings. The maximum atomic E-state index is 12.5. The molecule has 28 heavy (non-hydrogen) atoms. The summed E-state index contributed by atoms with van der Waals surface area (Å²) >= 11 is 5.83. The van der Waals surface area contributed by atoms with Crippen LogP contribution < -0.4 is 10.6 Å². The fourth-order valence-corrected chi connectivity index (χ4v) is 3.25. The number of nitrogens with zero attached hydrogens (tertiary/aromatic N) is 1. The van der Waals surface area contributed by atoms with Crippen LogP contribution in [0.2, 0.25) is 5.15 Å². The Morgan fingerprint density at radius 2 is 1.79 bits per heavy atom. The van der Waals surface area contributed by atoms with E-state index in [2.05, 4.69) is 15.6 Å². The molecule has 7 nitrogen and oxygen atoms in total. The third kappa shape index (κ3) is 5.07. The van der Waals surface area contributed by atoms with Crippen LogP contribution in [0, 0.1) is 0 Å². The van der Waals surface area contributed by atoms with Crippen molar-refractivity contribution >= 4 is 35.1 Å². The lowest BCUT2D eigenvalue weighted by Crippen LogP contribution is -2.33. The third-order valence-electron chi connectivity index (χ3n) is 4.45. The van der Waals surface area contributed by atoms with Gasteiger partial charge in [0.15, 0.2) is 6.61 Å². The summed E-state index contributed by atoms with van der Waals surface area (Å²) in [7, 11) is 0. The van der Waals surface area contributed by atoms with E-state index >= 15 is 0 Å². The van der Waals surface area contributed by atoms with Crippen molar-refractivity contribution in [2.24, 2.45) is 0 Å². The van der Waals surface area contributed by atoms with E-state index in [-0.39, 0.29) is 22.7 Å². The van der Waals surface area contributed by atoms with Crippen LogP contribution >= 0.6 is 11.6 Å². The molecule has 1 aromatic heterocycles. The smallest absolute Gasteiger partial charge is 0.341 e. The molecule has 0 atom stereocenters. The van der Waals surface area contributed by atoms with Crippen molar-refractivity contribution < 1.29 is 19.1 Å². The molecular weight excluding hydrogens is 382 g/mol. The predicted octanol–water partition coefficient (Wildman–Crippen LogP) is 3.20. The topological polar surface area (TPSA) is 97.4 Å². The molecule has 0 aliphatic heterocycles. The van der Waals surface area contributed by atoms with Gasteiger partial charge < -0.3 is 15.4 Å². The number of anilines is 1. The maximum absolute atomic E-state index is 12.5. The number of halogens is 1. The Labute approximate surface area is 167 Å². The summed E-state index contributed by atoms with van der Waals surface area (Å²) in [5, 5.41) is 5.60. The second-order valence-electron chi connectivity index (χ2n) is 6.47. The number of pyridine rings is 1. The van der Waals surface area contributed by atoms with Gasteiger partial charge in [0.2, 0.25) is 0 Å². The highest BCUT2D eigenvalue weighted by Crippen LogP contribution is 2.20. The van der Waals surface area contributed by atoms with Gasteiger partial charge in [-0.1, -0.05) is 36.6 Å². The Bertz CT molecular complexity index is 881. The van der Waals surface area contributed by atoms with Gasteiger partial charge in [0.1, 0.15) is 5.15 Å². The number of rotatable bonds is 6. The highest BCUT2D eigenvalue weighted by atomic mass is 35.5. The van der Waals surface area contributed by atoms with Gasteiger partial charge in [-0.3, -0.25) is 9.59 Å². The molecule has 1 fully saturated rings. The summed E-state index contributed by atoms with van der Waals surface area (Å²) in [4.78, 5) is 40.5. The molecule has 1 aliphatic rings. The number of aromatic nitrogens is 1. The van der Waals surface area contributed by atoms with Gasteiger partial charge in [-0.25, -0.2) is 9.78 Å².